The first-order valence-electron chi connectivity index (χ1n) is 10.9. The second-order valence-corrected chi connectivity index (χ2v) is 9.87. The van der Waals surface area contributed by atoms with Gasteiger partial charge in [0.25, 0.3) is 0 Å². The van der Waals surface area contributed by atoms with Gasteiger partial charge in [0, 0.05) is 16.0 Å². The van der Waals surface area contributed by atoms with Gasteiger partial charge in [0.05, 0.1) is 23.3 Å². The molecule has 1 aliphatic heterocycles. The van der Waals surface area contributed by atoms with E-state index < -0.39 is 5.41 Å². The number of benzene rings is 2. The lowest BCUT2D eigenvalue weighted by Crippen LogP contribution is -2.52. The first kappa shape index (κ1) is 23.3. The first-order valence-corrected chi connectivity index (χ1v) is 11.7. The quantitative estimate of drug-likeness (QED) is 0.396. The molecule has 0 bridgehead atoms. The zero-order valence-electron chi connectivity index (χ0n) is 18.8. The average Bonchev–Trinajstić information content (AvgIpc) is 2.77. The fraction of sp³-hybridized carbons (Fsp3) is 0.259. The van der Waals surface area contributed by atoms with Crippen molar-refractivity contribution in [2.45, 2.75) is 38.6 Å². The number of hydrogen-bond donors (Lipinski definition) is 1. The van der Waals surface area contributed by atoms with Crippen LogP contribution in [-0.2, 0) is 4.79 Å². The van der Waals surface area contributed by atoms with Crippen molar-refractivity contribution in [2.75, 3.05) is 10.6 Å². The summed E-state index contributed by atoms with van der Waals surface area (Å²) < 4.78 is 0. The molecule has 1 amide bonds. The van der Waals surface area contributed by atoms with Crippen LogP contribution in [0.5, 0.6) is 0 Å². The van der Waals surface area contributed by atoms with Crippen molar-refractivity contribution < 1.29 is 4.79 Å². The highest BCUT2D eigenvalue weighted by atomic mass is 35.5. The van der Waals surface area contributed by atoms with E-state index in [2.05, 4.69) is 17.6 Å². The molecule has 1 saturated heterocycles. The number of hydrogen-bond acceptors (Lipinski definition) is 3. The number of allylic oxidation sites excluding steroid dienone is 1. The second-order valence-electron chi connectivity index (χ2n) is 9.00. The Kier molecular flexibility index (Phi) is 6.51. The molecule has 4 nitrogen and oxygen atoms in total. The lowest BCUT2D eigenvalue weighted by Gasteiger charge is -2.49. The van der Waals surface area contributed by atoms with Crippen molar-refractivity contribution in [3.8, 4) is 0 Å². The Balaban J connectivity index is 1.98. The molecule has 0 spiro atoms. The minimum atomic E-state index is -0.646. The molecule has 6 heteroatoms. The molecule has 0 saturated carbocycles. The van der Waals surface area contributed by atoms with Gasteiger partial charge >= 0.3 is 0 Å². The molecule has 2 N–H and O–H groups in total. The normalized spacial score (nSPS) is 22.9. The van der Waals surface area contributed by atoms with Crippen LogP contribution >= 0.6 is 23.2 Å². The van der Waals surface area contributed by atoms with Crippen molar-refractivity contribution in [3.05, 3.63) is 100 Å². The maximum absolute atomic E-state index is 14.1. The molecule has 33 heavy (non-hydrogen) atoms. The first-order chi connectivity index (χ1) is 15.7. The SMILES string of the molecule is C=CC[C@@]1(C)C[C@H](c2cccc(Cl)c2)[C@@H](c2ccc(Cl)cc2)N(c2ncc(N)cc2C)C1=O. The van der Waals surface area contributed by atoms with Gasteiger partial charge in [-0.2, -0.15) is 0 Å². The number of carbonyl (C=O) groups excluding carboxylic acids is 1. The van der Waals surface area contributed by atoms with E-state index in [-0.39, 0.29) is 17.9 Å². The molecule has 1 fully saturated rings. The topological polar surface area (TPSA) is 59.2 Å². The summed E-state index contributed by atoms with van der Waals surface area (Å²) in [4.78, 5) is 20.6. The van der Waals surface area contributed by atoms with Gasteiger partial charge in [0.15, 0.2) is 0 Å². The summed E-state index contributed by atoms with van der Waals surface area (Å²) >= 11 is 12.6. The van der Waals surface area contributed by atoms with Crippen LogP contribution in [0, 0.1) is 12.3 Å². The fourth-order valence-corrected chi connectivity index (χ4v) is 5.24. The minimum Gasteiger partial charge on any atom is -0.397 e. The molecule has 4 rings (SSSR count). The van der Waals surface area contributed by atoms with E-state index in [1.54, 1.807) is 6.20 Å². The van der Waals surface area contributed by atoms with Crippen LogP contribution in [0.4, 0.5) is 11.5 Å². The zero-order valence-corrected chi connectivity index (χ0v) is 20.3. The Bertz CT molecular complexity index is 1190. The molecule has 0 aliphatic carbocycles. The number of piperidine rings is 1. The average molecular weight is 480 g/mol. The highest BCUT2D eigenvalue weighted by Gasteiger charge is 2.50. The standard InChI is InChI=1S/C27H27Cl2N3O/c1-4-12-27(3)15-23(19-6-5-7-21(29)14-19)24(18-8-10-20(28)11-9-18)32(26(27)33)25-17(2)13-22(30)16-31-25/h4-11,13-14,16,23-24H,1,12,15,30H2,2-3H3/t23-,24-,27+/m1/s1. The maximum Gasteiger partial charge on any atom is 0.235 e. The number of nitrogens with zero attached hydrogens (tertiary/aromatic N) is 2. The van der Waals surface area contributed by atoms with E-state index in [0.717, 1.165) is 16.7 Å². The van der Waals surface area contributed by atoms with Crippen molar-refractivity contribution in [3.63, 3.8) is 0 Å². The number of halogens is 2. The van der Waals surface area contributed by atoms with Crippen molar-refractivity contribution in [1.82, 2.24) is 4.98 Å². The molecular formula is C27H27Cl2N3O. The third kappa shape index (κ3) is 4.50. The van der Waals surface area contributed by atoms with E-state index in [9.17, 15) is 4.79 Å². The number of carbonyl (C=O) groups is 1. The Morgan fingerprint density at radius 1 is 1.15 bits per heavy atom. The number of nitrogen functional groups attached to an aromatic ring is 1. The molecule has 2 aromatic carbocycles. The van der Waals surface area contributed by atoms with Gasteiger partial charge in [-0.25, -0.2) is 4.98 Å². The number of aryl methyl sites for hydroxylation is 1. The Morgan fingerprint density at radius 2 is 1.88 bits per heavy atom. The van der Waals surface area contributed by atoms with Crippen LogP contribution in [0.25, 0.3) is 0 Å². The van der Waals surface area contributed by atoms with E-state index in [1.165, 1.54) is 0 Å². The highest BCUT2D eigenvalue weighted by molar-refractivity contribution is 6.30. The molecule has 0 radical (unpaired) electrons. The molecule has 1 aromatic heterocycles. The van der Waals surface area contributed by atoms with Crippen LogP contribution in [-0.4, -0.2) is 10.9 Å². The van der Waals surface area contributed by atoms with Crippen LogP contribution in [0.2, 0.25) is 10.0 Å². The highest BCUT2D eigenvalue weighted by Crippen LogP contribution is 2.52. The summed E-state index contributed by atoms with van der Waals surface area (Å²) in [6, 6.07) is 17.1. The molecule has 3 aromatic rings. The zero-order chi connectivity index (χ0) is 23.8. The molecule has 3 atom stereocenters. The predicted octanol–water partition coefficient (Wildman–Crippen LogP) is 7.12. The van der Waals surface area contributed by atoms with E-state index >= 15 is 0 Å². The summed E-state index contributed by atoms with van der Waals surface area (Å²) in [6.07, 6.45) is 4.62. The lowest BCUT2D eigenvalue weighted by molar-refractivity contribution is -0.131. The number of rotatable bonds is 5. The smallest absolute Gasteiger partial charge is 0.235 e. The summed E-state index contributed by atoms with van der Waals surface area (Å²) in [5.74, 6) is 0.600. The molecular weight excluding hydrogens is 453 g/mol. The van der Waals surface area contributed by atoms with Gasteiger partial charge in [-0.3, -0.25) is 9.69 Å². The third-order valence-corrected chi connectivity index (χ3v) is 6.94. The van der Waals surface area contributed by atoms with Gasteiger partial charge < -0.3 is 5.73 Å². The van der Waals surface area contributed by atoms with Crippen LogP contribution in [0.15, 0.2) is 73.4 Å². The number of pyridine rings is 1. The van der Waals surface area contributed by atoms with Gasteiger partial charge in [-0.05, 0) is 66.8 Å². The number of aromatic nitrogens is 1. The largest absolute Gasteiger partial charge is 0.397 e. The second kappa shape index (κ2) is 9.20. The van der Waals surface area contributed by atoms with Gasteiger partial charge in [0.2, 0.25) is 5.91 Å². The van der Waals surface area contributed by atoms with Crippen molar-refractivity contribution in [2.24, 2.45) is 5.41 Å². The third-order valence-electron chi connectivity index (χ3n) is 6.45. The summed E-state index contributed by atoms with van der Waals surface area (Å²) in [5, 5.41) is 1.31. The van der Waals surface area contributed by atoms with E-state index in [0.29, 0.717) is 34.4 Å². The Hall–Kier alpha value is -2.82. The fourth-order valence-electron chi connectivity index (χ4n) is 4.92. The van der Waals surface area contributed by atoms with E-state index in [4.69, 9.17) is 28.9 Å². The minimum absolute atomic E-state index is 0.0148. The molecule has 170 valence electrons. The van der Waals surface area contributed by atoms with Crippen LogP contribution in [0.3, 0.4) is 0 Å². The maximum atomic E-state index is 14.1. The van der Waals surface area contributed by atoms with Gasteiger partial charge in [-0.15, -0.1) is 6.58 Å². The molecule has 1 aliphatic rings. The molecule has 0 unspecified atom stereocenters. The summed E-state index contributed by atoms with van der Waals surface area (Å²) in [7, 11) is 0. The Labute approximate surface area is 205 Å². The monoisotopic (exact) mass is 479 g/mol. The molecule has 2 heterocycles. The summed E-state index contributed by atoms with van der Waals surface area (Å²) in [5.41, 5.74) is 8.79. The van der Waals surface area contributed by atoms with Crippen LogP contribution < -0.4 is 10.6 Å². The Morgan fingerprint density at radius 3 is 2.52 bits per heavy atom. The summed E-state index contributed by atoms with van der Waals surface area (Å²) in [6.45, 7) is 7.86. The predicted molar refractivity (Wildman–Crippen MR) is 137 cm³/mol. The van der Waals surface area contributed by atoms with E-state index in [1.807, 2.05) is 73.4 Å². The number of anilines is 2. The number of nitrogens with two attached hydrogens (primary N) is 1. The van der Waals surface area contributed by atoms with Crippen molar-refractivity contribution >= 4 is 40.6 Å². The van der Waals surface area contributed by atoms with Crippen molar-refractivity contribution in [1.29, 1.82) is 0 Å². The van der Waals surface area contributed by atoms with Gasteiger partial charge in [0.1, 0.15) is 5.82 Å². The van der Waals surface area contributed by atoms with Crippen LogP contribution in [0.1, 0.15) is 48.4 Å². The number of amides is 1. The van der Waals surface area contributed by atoms with Gasteiger partial charge in [-0.1, -0.05) is 60.5 Å². The lowest BCUT2D eigenvalue weighted by atomic mass is 9.67.